The summed E-state index contributed by atoms with van der Waals surface area (Å²) in [7, 11) is -3.67. The molecule has 0 fully saturated rings. The molecule has 0 saturated carbocycles. The molecule has 0 saturated heterocycles. The summed E-state index contributed by atoms with van der Waals surface area (Å²) in [5.74, 6) is 0. The number of aliphatic hydroxyl groups excluding tert-OH is 2. The molecule has 0 spiro atoms. The summed E-state index contributed by atoms with van der Waals surface area (Å²) in [6.07, 6.45) is 2.43. The topological polar surface area (TPSA) is 120 Å². The summed E-state index contributed by atoms with van der Waals surface area (Å²) in [6, 6.07) is 16.6. The van der Waals surface area contributed by atoms with Gasteiger partial charge in [0.15, 0.2) is 0 Å². The van der Waals surface area contributed by atoms with Gasteiger partial charge < -0.3 is 19.9 Å². The zero-order valence-corrected chi connectivity index (χ0v) is 17.6. The van der Waals surface area contributed by atoms with Crippen LogP contribution in [0.4, 0.5) is 0 Å². The van der Waals surface area contributed by atoms with Gasteiger partial charge in [0.1, 0.15) is 5.58 Å². The molecule has 4 N–H and O–H groups in total. The van der Waals surface area contributed by atoms with Crippen LogP contribution in [-0.2, 0) is 16.7 Å². The van der Waals surface area contributed by atoms with E-state index in [0.717, 1.165) is 32.7 Å². The van der Waals surface area contributed by atoms with Gasteiger partial charge in [0.2, 0.25) is 0 Å². The fraction of sp³-hybridized carbons (Fsp3) is 0.273. The van der Waals surface area contributed by atoms with Crippen molar-refractivity contribution in [3.8, 4) is 0 Å². The third kappa shape index (κ3) is 4.97. The largest absolute Gasteiger partial charge is 0.464 e. The molecular weight excluding hydrogens is 406 g/mol. The van der Waals surface area contributed by atoms with Crippen LogP contribution in [0.25, 0.3) is 32.5 Å². The van der Waals surface area contributed by atoms with E-state index in [4.69, 9.17) is 8.97 Å². The van der Waals surface area contributed by atoms with E-state index in [1.807, 2.05) is 18.2 Å². The van der Waals surface area contributed by atoms with Gasteiger partial charge in [-0.2, -0.15) is 8.42 Å². The summed E-state index contributed by atoms with van der Waals surface area (Å²) in [5, 5.41) is 28.0. The Balaban J connectivity index is 0.000000461. The quantitative estimate of drug-likeness (QED) is 0.283. The number of benzene rings is 3. The van der Waals surface area contributed by atoms with E-state index < -0.39 is 15.7 Å². The van der Waals surface area contributed by atoms with Gasteiger partial charge in [0.05, 0.1) is 31.3 Å². The average Bonchev–Trinajstić information content (AvgIpc) is 3.19. The predicted octanol–water partition coefficient (Wildman–Crippen LogP) is 3.08. The normalized spacial score (nSPS) is 12.3. The second-order valence-electron chi connectivity index (χ2n) is 7.55. The van der Waals surface area contributed by atoms with Crippen molar-refractivity contribution in [1.82, 2.24) is 5.32 Å². The van der Waals surface area contributed by atoms with Gasteiger partial charge in [-0.25, -0.2) is 0 Å². The van der Waals surface area contributed by atoms with E-state index in [2.05, 4.69) is 35.6 Å². The maximum atomic E-state index is 9.55. The molecule has 160 valence electrons. The minimum atomic E-state index is -3.67. The highest BCUT2D eigenvalue weighted by Crippen LogP contribution is 2.34. The molecule has 1 aromatic heterocycles. The van der Waals surface area contributed by atoms with Gasteiger partial charge >= 0.3 is 0 Å². The molecule has 0 aliphatic heterocycles. The molecule has 7 nitrogen and oxygen atoms in total. The molecular formula is C22H25NO6S. The second kappa shape index (κ2) is 8.71. The fourth-order valence-electron chi connectivity index (χ4n) is 3.31. The Hall–Kier alpha value is -2.49. The van der Waals surface area contributed by atoms with Gasteiger partial charge in [-0.05, 0) is 40.8 Å². The lowest BCUT2D eigenvalue weighted by Crippen LogP contribution is -2.48. The third-order valence-corrected chi connectivity index (χ3v) is 4.93. The highest BCUT2D eigenvalue weighted by atomic mass is 32.2. The number of rotatable bonds is 5. The Morgan fingerprint density at radius 1 is 1.00 bits per heavy atom. The lowest BCUT2D eigenvalue weighted by molar-refractivity contribution is 0.103. The summed E-state index contributed by atoms with van der Waals surface area (Å²) in [5.41, 5.74) is 1.23. The van der Waals surface area contributed by atoms with Gasteiger partial charge in [-0.15, -0.1) is 0 Å². The molecule has 1 heterocycles. The Kier molecular flexibility index (Phi) is 6.44. The van der Waals surface area contributed by atoms with Crippen LogP contribution in [0.3, 0.4) is 0 Å². The summed E-state index contributed by atoms with van der Waals surface area (Å²) >= 11 is 0. The molecule has 0 aliphatic carbocycles. The lowest BCUT2D eigenvalue weighted by atomic mass is 9.95. The van der Waals surface area contributed by atoms with Crippen LogP contribution in [0.5, 0.6) is 0 Å². The highest BCUT2D eigenvalue weighted by molar-refractivity contribution is 7.85. The van der Waals surface area contributed by atoms with Crippen LogP contribution in [0.15, 0.2) is 59.2 Å². The first-order valence-corrected chi connectivity index (χ1v) is 11.2. The first-order valence-electron chi connectivity index (χ1n) is 9.35. The van der Waals surface area contributed by atoms with E-state index >= 15 is 0 Å². The molecule has 0 radical (unpaired) electrons. The summed E-state index contributed by atoms with van der Waals surface area (Å²) in [4.78, 5) is 0. The standard InChI is InChI=1S/C21H21NO3.CH4O3S/c1-21(12-23,13-24)22-11-16-10-15-4-2-3-5-17(15)18-7-6-14-8-9-25-20(14)19(16)18;1-5(2,3)4/h2-10,22-24H,11-13H2,1H3;1H3,(H,2,3,4). The van der Waals surface area contributed by atoms with Crippen molar-refractivity contribution in [3.63, 3.8) is 0 Å². The van der Waals surface area contributed by atoms with Gasteiger partial charge in [0, 0.05) is 17.3 Å². The maximum Gasteiger partial charge on any atom is 0.261 e. The van der Waals surface area contributed by atoms with Crippen LogP contribution in [0, 0.1) is 0 Å². The summed E-state index contributed by atoms with van der Waals surface area (Å²) < 4.78 is 31.6. The van der Waals surface area contributed by atoms with Gasteiger partial charge in [0.25, 0.3) is 10.1 Å². The van der Waals surface area contributed by atoms with Crippen molar-refractivity contribution >= 4 is 42.6 Å². The Labute approximate surface area is 174 Å². The molecule has 4 aromatic rings. The first kappa shape index (κ1) is 22.2. The van der Waals surface area contributed by atoms with Gasteiger partial charge in [-0.1, -0.05) is 36.4 Å². The van der Waals surface area contributed by atoms with Crippen molar-refractivity contribution in [3.05, 3.63) is 60.4 Å². The summed E-state index contributed by atoms with van der Waals surface area (Å²) in [6.45, 7) is 2.06. The molecule has 0 atom stereocenters. The highest BCUT2D eigenvalue weighted by Gasteiger charge is 2.22. The number of furan rings is 1. The third-order valence-electron chi connectivity index (χ3n) is 4.93. The van der Waals surface area contributed by atoms with Crippen LogP contribution in [0.2, 0.25) is 0 Å². The predicted molar refractivity (Wildman–Crippen MR) is 118 cm³/mol. The Morgan fingerprint density at radius 3 is 2.33 bits per heavy atom. The monoisotopic (exact) mass is 431 g/mol. The number of hydrogen-bond donors (Lipinski definition) is 4. The first-order chi connectivity index (χ1) is 14.1. The van der Waals surface area contributed by atoms with Crippen molar-refractivity contribution < 1.29 is 27.6 Å². The zero-order chi connectivity index (χ0) is 21.9. The minimum absolute atomic E-state index is 0.134. The minimum Gasteiger partial charge on any atom is -0.464 e. The van der Waals surface area contributed by atoms with Gasteiger partial charge in [-0.3, -0.25) is 4.55 Å². The van der Waals surface area contributed by atoms with E-state index in [1.165, 1.54) is 5.39 Å². The van der Waals surface area contributed by atoms with Crippen molar-refractivity contribution in [2.24, 2.45) is 0 Å². The molecule has 8 heteroatoms. The molecule has 30 heavy (non-hydrogen) atoms. The van der Waals surface area contributed by atoms with Crippen molar-refractivity contribution in [1.29, 1.82) is 0 Å². The van der Waals surface area contributed by atoms with E-state index in [1.54, 1.807) is 13.2 Å². The van der Waals surface area contributed by atoms with E-state index in [9.17, 15) is 18.6 Å². The second-order valence-corrected chi connectivity index (χ2v) is 9.01. The lowest BCUT2D eigenvalue weighted by Gasteiger charge is -2.26. The number of hydrogen-bond acceptors (Lipinski definition) is 6. The van der Waals surface area contributed by atoms with Crippen LogP contribution in [-0.4, -0.2) is 48.2 Å². The van der Waals surface area contributed by atoms with Crippen LogP contribution in [0.1, 0.15) is 12.5 Å². The molecule has 0 bridgehead atoms. The molecule has 0 unspecified atom stereocenters. The number of fused-ring (bicyclic) bond motifs is 5. The zero-order valence-electron chi connectivity index (χ0n) is 16.8. The van der Waals surface area contributed by atoms with Crippen LogP contribution < -0.4 is 5.32 Å². The Morgan fingerprint density at radius 2 is 1.67 bits per heavy atom. The molecule has 4 rings (SSSR count). The number of nitrogens with one attached hydrogen (secondary N) is 1. The maximum absolute atomic E-state index is 9.55. The van der Waals surface area contributed by atoms with Crippen molar-refractivity contribution in [2.75, 3.05) is 19.5 Å². The smallest absolute Gasteiger partial charge is 0.261 e. The molecule has 3 aromatic carbocycles. The SMILES string of the molecule is CC(CO)(CO)NCc1cc2ccccc2c2ccc3ccoc3c12.CS(=O)(=O)O. The Bertz CT molecular complexity index is 1270. The molecule has 0 amide bonds. The average molecular weight is 432 g/mol. The fourth-order valence-corrected chi connectivity index (χ4v) is 3.31. The van der Waals surface area contributed by atoms with Crippen molar-refractivity contribution in [2.45, 2.75) is 19.0 Å². The van der Waals surface area contributed by atoms with Crippen LogP contribution >= 0.6 is 0 Å². The van der Waals surface area contributed by atoms with E-state index in [-0.39, 0.29) is 13.2 Å². The number of aliphatic hydroxyl groups is 2. The molecule has 0 aliphatic rings. The van der Waals surface area contributed by atoms with E-state index in [0.29, 0.717) is 12.8 Å².